The summed E-state index contributed by atoms with van der Waals surface area (Å²) >= 11 is 2.82. The third kappa shape index (κ3) is 3.77. The Hall–Kier alpha value is -1.73. The Kier molecular flexibility index (Phi) is 5.54. The van der Waals surface area contributed by atoms with E-state index in [4.69, 9.17) is 5.11 Å². The Bertz CT molecular complexity index is 769. The first-order valence-electron chi connectivity index (χ1n) is 8.16. The van der Waals surface area contributed by atoms with E-state index in [1.807, 2.05) is 0 Å². The number of carbonyl (C=O) groups is 3. The van der Waals surface area contributed by atoms with Gasteiger partial charge in [-0.25, -0.2) is 0 Å². The van der Waals surface area contributed by atoms with E-state index in [0.29, 0.717) is 16.2 Å². The topological polar surface area (TPSA) is 91.7 Å². The molecule has 1 aromatic rings. The molecule has 0 fully saturated rings. The van der Waals surface area contributed by atoms with Gasteiger partial charge in [0, 0.05) is 17.2 Å². The Labute approximate surface area is 153 Å². The number of allylic oxidation sites excluding steroid dienone is 2. The molecule has 132 valence electrons. The van der Waals surface area contributed by atoms with E-state index in [2.05, 4.69) is 0 Å². The SMILES string of the molecule is O=C(O)CCCC[C@@H]1CCSC2=C(S1)C(=O)c1cccc(O)c1C2=O. The second-order valence-corrected chi connectivity index (χ2v) is 8.45. The van der Waals surface area contributed by atoms with Crippen molar-refractivity contribution in [3.05, 3.63) is 39.1 Å². The van der Waals surface area contributed by atoms with E-state index in [0.717, 1.165) is 25.0 Å². The summed E-state index contributed by atoms with van der Waals surface area (Å²) in [6.45, 7) is 0. The van der Waals surface area contributed by atoms with Crippen LogP contribution < -0.4 is 0 Å². The number of aromatic hydroxyl groups is 1. The van der Waals surface area contributed by atoms with Gasteiger partial charge in [0.25, 0.3) is 0 Å². The van der Waals surface area contributed by atoms with Gasteiger partial charge in [0.1, 0.15) is 5.75 Å². The van der Waals surface area contributed by atoms with Crippen LogP contribution in [0.1, 0.15) is 52.8 Å². The highest BCUT2D eigenvalue weighted by atomic mass is 32.2. The van der Waals surface area contributed by atoms with Crippen molar-refractivity contribution in [2.24, 2.45) is 0 Å². The van der Waals surface area contributed by atoms with Gasteiger partial charge < -0.3 is 10.2 Å². The Morgan fingerprint density at radius 2 is 1.96 bits per heavy atom. The van der Waals surface area contributed by atoms with Crippen molar-refractivity contribution in [2.45, 2.75) is 37.4 Å². The molecule has 0 bridgehead atoms. The molecule has 1 aliphatic heterocycles. The normalized spacial score (nSPS) is 20.1. The lowest BCUT2D eigenvalue weighted by Gasteiger charge is -2.20. The zero-order chi connectivity index (χ0) is 18.0. The van der Waals surface area contributed by atoms with Crippen LogP contribution in [0.3, 0.4) is 0 Å². The van der Waals surface area contributed by atoms with Crippen molar-refractivity contribution in [3.8, 4) is 5.75 Å². The van der Waals surface area contributed by atoms with Crippen LogP contribution in [0.4, 0.5) is 0 Å². The molecule has 0 aromatic heterocycles. The number of unbranched alkanes of at least 4 members (excludes halogenated alkanes) is 1. The number of phenols is 1. The van der Waals surface area contributed by atoms with E-state index in [-0.39, 0.29) is 40.1 Å². The summed E-state index contributed by atoms with van der Waals surface area (Å²) in [6.07, 6.45) is 3.25. The smallest absolute Gasteiger partial charge is 0.303 e. The summed E-state index contributed by atoms with van der Waals surface area (Å²) in [5.41, 5.74) is 0.377. The number of hydrogen-bond acceptors (Lipinski definition) is 6. The molecule has 7 heteroatoms. The first-order valence-corrected chi connectivity index (χ1v) is 10.0. The number of aliphatic carboxylic acids is 1. The van der Waals surface area contributed by atoms with Crippen LogP contribution in [0.2, 0.25) is 0 Å². The average Bonchev–Trinajstić information content (AvgIpc) is 2.79. The molecule has 0 radical (unpaired) electrons. The van der Waals surface area contributed by atoms with Crippen molar-refractivity contribution in [1.82, 2.24) is 0 Å². The lowest BCUT2D eigenvalue weighted by Crippen LogP contribution is -2.20. The number of benzene rings is 1. The molecule has 0 saturated carbocycles. The molecule has 0 unspecified atom stereocenters. The fourth-order valence-electron chi connectivity index (χ4n) is 3.02. The van der Waals surface area contributed by atoms with Crippen LogP contribution >= 0.6 is 23.5 Å². The molecule has 0 spiro atoms. The van der Waals surface area contributed by atoms with Crippen LogP contribution in [0, 0.1) is 0 Å². The van der Waals surface area contributed by atoms with Gasteiger partial charge in [0.2, 0.25) is 11.6 Å². The number of thioether (sulfide) groups is 2. The van der Waals surface area contributed by atoms with Gasteiger partial charge in [-0.3, -0.25) is 14.4 Å². The number of Topliss-reactive ketones (excluding diaryl/α,β-unsaturated/α-hetero) is 2. The summed E-state index contributed by atoms with van der Waals surface area (Å²) in [6, 6.07) is 4.58. The number of phenolic OH excluding ortho intramolecular Hbond substituents is 1. The van der Waals surface area contributed by atoms with Crippen molar-refractivity contribution in [2.75, 3.05) is 5.75 Å². The molecule has 1 atom stereocenters. The third-order valence-corrected chi connectivity index (χ3v) is 6.95. The van der Waals surface area contributed by atoms with E-state index in [1.54, 1.807) is 12.1 Å². The summed E-state index contributed by atoms with van der Waals surface area (Å²) in [4.78, 5) is 37.1. The molecule has 1 aromatic carbocycles. The molecule has 1 aliphatic carbocycles. The van der Waals surface area contributed by atoms with Gasteiger partial charge in [-0.2, -0.15) is 0 Å². The summed E-state index contributed by atoms with van der Waals surface area (Å²) < 4.78 is 0. The van der Waals surface area contributed by atoms with E-state index >= 15 is 0 Å². The Morgan fingerprint density at radius 1 is 1.16 bits per heavy atom. The van der Waals surface area contributed by atoms with Crippen LogP contribution in [-0.4, -0.2) is 38.8 Å². The number of hydrogen-bond donors (Lipinski definition) is 2. The maximum absolute atomic E-state index is 12.8. The van der Waals surface area contributed by atoms with Crippen LogP contribution in [-0.2, 0) is 4.79 Å². The van der Waals surface area contributed by atoms with Crippen LogP contribution in [0.5, 0.6) is 5.75 Å². The monoisotopic (exact) mass is 378 g/mol. The van der Waals surface area contributed by atoms with Crippen molar-refractivity contribution < 1.29 is 24.6 Å². The average molecular weight is 378 g/mol. The van der Waals surface area contributed by atoms with Gasteiger partial charge in [-0.15, -0.1) is 23.5 Å². The van der Waals surface area contributed by atoms with Crippen molar-refractivity contribution >= 4 is 41.1 Å². The summed E-state index contributed by atoms with van der Waals surface area (Å²) in [5, 5.41) is 18.9. The van der Waals surface area contributed by atoms with Gasteiger partial charge in [-0.1, -0.05) is 12.5 Å². The quantitative estimate of drug-likeness (QED) is 0.752. The standard InChI is InChI=1S/C18H18O5S2/c19-12-6-3-5-11-14(12)16(23)17-18(15(11)22)25-10(8-9-24-17)4-1-2-7-13(20)21/h3,5-6,10,19H,1-2,4,7-9H2,(H,20,21)/t10-/m1/s1. The lowest BCUT2D eigenvalue weighted by molar-refractivity contribution is -0.137. The molecular weight excluding hydrogens is 360 g/mol. The maximum atomic E-state index is 12.8. The largest absolute Gasteiger partial charge is 0.507 e. The molecule has 0 amide bonds. The Morgan fingerprint density at radius 3 is 2.72 bits per heavy atom. The third-order valence-electron chi connectivity index (χ3n) is 4.27. The summed E-state index contributed by atoms with van der Waals surface area (Å²) in [5.74, 6) is -0.680. The van der Waals surface area contributed by atoms with Crippen molar-refractivity contribution in [3.63, 3.8) is 0 Å². The number of carboxylic acid groups (broad SMARTS) is 1. The minimum Gasteiger partial charge on any atom is -0.507 e. The molecule has 3 rings (SSSR count). The van der Waals surface area contributed by atoms with Gasteiger partial charge >= 0.3 is 5.97 Å². The highest BCUT2D eigenvalue weighted by Crippen LogP contribution is 2.45. The van der Waals surface area contributed by atoms with E-state index in [9.17, 15) is 19.5 Å². The van der Waals surface area contributed by atoms with Crippen LogP contribution in [0.15, 0.2) is 28.0 Å². The minimum absolute atomic E-state index is 0.110. The molecule has 2 aliphatic rings. The van der Waals surface area contributed by atoms with Gasteiger partial charge in [0.05, 0.1) is 15.4 Å². The van der Waals surface area contributed by atoms with Crippen LogP contribution in [0.25, 0.3) is 0 Å². The Balaban J connectivity index is 1.79. The number of fused-ring (bicyclic) bond motifs is 1. The minimum atomic E-state index is -0.793. The highest BCUT2D eigenvalue weighted by Gasteiger charge is 2.37. The fourth-order valence-corrected chi connectivity index (χ4v) is 5.82. The van der Waals surface area contributed by atoms with Gasteiger partial charge in [-0.05, 0) is 37.1 Å². The molecule has 1 heterocycles. The molecule has 2 N–H and O–H groups in total. The molecule has 0 saturated heterocycles. The van der Waals surface area contributed by atoms with E-state index < -0.39 is 5.97 Å². The molecule has 25 heavy (non-hydrogen) atoms. The number of ketones is 2. The fraction of sp³-hybridized carbons (Fsp3) is 0.389. The zero-order valence-corrected chi connectivity index (χ0v) is 15.1. The predicted octanol–water partition coefficient (Wildman–Crippen LogP) is 3.87. The molecule has 5 nitrogen and oxygen atoms in total. The predicted molar refractivity (Wildman–Crippen MR) is 98.4 cm³/mol. The zero-order valence-electron chi connectivity index (χ0n) is 13.5. The summed E-state index contributed by atoms with van der Waals surface area (Å²) in [7, 11) is 0. The van der Waals surface area contributed by atoms with Gasteiger partial charge in [0.15, 0.2) is 0 Å². The first kappa shape index (κ1) is 18.1. The lowest BCUT2D eigenvalue weighted by atomic mass is 9.93. The van der Waals surface area contributed by atoms with Crippen molar-refractivity contribution in [1.29, 1.82) is 0 Å². The second-order valence-electron chi connectivity index (χ2n) is 6.03. The molecular formula is C18H18O5S2. The second kappa shape index (κ2) is 7.66. The number of carbonyl (C=O) groups excluding carboxylic acids is 2. The number of rotatable bonds is 5. The highest BCUT2D eigenvalue weighted by molar-refractivity contribution is 8.08. The first-order chi connectivity index (χ1) is 12.0. The van der Waals surface area contributed by atoms with E-state index in [1.165, 1.54) is 29.6 Å². The number of carboxylic acids is 1. The maximum Gasteiger partial charge on any atom is 0.303 e.